The van der Waals surface area contributed by atoms with E-state index in [2.05, 4.69) is 4.98 Å². The van der Waals surface area contributed by atoms with E-state index in [9.17, 15) is 9.18 Å². The number of carbonyl (C=O) groups is 1. The van der Waals surface area contributed by atoms with Crippen molar-refractivity contribution in [1.82, 2.24) is 9.88 Å². The largest absolute Gasteiger partial charge is 0.491 e. The van der Waals surface area contributed by atoms with Crippen LogP contribution in [-0.2, 0) is 0 Å². The molecule has 0 aliphatic heterocycles. The number of nitrogens with zero attached hydrogens (tertiary/aromatic N) is 2. The lowest BCUT2D eigenvalue weighted by Gasteiger charge is -2.17. The first kappa shape index (κ1) is 15.0. The Hall–Kier alpha value is -2.43. The number of benzene rings is 1. The van der Waals surface area contributed by atoms with Gasteiger partial charge in [0.05, 0.1) is 6.54 Å². The van der Waals surface area contributed by atoms with Crippen LogP contribution in [0, 0.1) is 12.9 Å². The number of ether oxygens (including phenoxy) is 1. The minimum Gasteiger partial charge on any atom is -0.491 e. The third-order valence-corrected chi connectivity index (χ3v) is 3.06. The number of likely N-dealkylation sites (N-methyl/N-ethyl adjacent to an activating group) is 1. The highest BCUT2D eigenvalue weighted by atomic mass is 19.1. The average molecular weight is 288 g/mol. The molecule has 0 fully saturated rings. The number of rotatable bonds is 5. The van der Waals surface area contributed by atoms with Crippen LogP contribution in [0.25, 0.3) is 0 Å². The molecule has 1 aromatic carbocycles. The maximum atomic E-state index is 13.0. The van der Waals surface area contributed by atoms with Gasteiger partial charge in [-0.2, -0.15) is 4.39 Å². The maximum absolute atomic E-state index is 13.0. The predicted molar refractivity (Wildman–Crippen MR) is 77.8 cm³/mol. The summed E-state index contributed by atoms with van der Waals surface area (Å²) in [7, 11) is 1.64. The fourth-order valence-corrected chi connectivity index (χ4v) is 1.84. The molecule has 0 radical (unpaired) electrons. The van der Waals surface area contributed by atoms with Crippen LogP contribution in [0.2, 0.25) is 0 Å². The van der Waals surface area contributed by atoms with Gasteiger partial charge >= 0.3 is 0 Å². The Morgan fingerprint density at radius 3 is 2.71 bits per heavy atom. The van der Waals surface area contributed by atoms with E-state index in [-0.39, 0.29) is 11.6 Å². The normalized spacial score (nSPS) is 10.2. The molecule has 0 unspecified atom stereocenters. The van der Waals surface area contributed by atoms with E-state index in [0.29, 0.717) is 13.2 Å². The molecule has 0 N–H and O–H groups in total. The molecule has 2 aromatic rings. The van der Waals surface area contributed by atoms with Crippen molar-refractivity contribution in [3.8, 4) is 5.75 Å². The Morgan fingerprint density at radius 2 is 2.00 bits per heavy atom. The molecular formula is C16H17FN2O2. The SMILES string of the molecule is Cc1ccccc1OCCN(C)C(=O)c1cccc(F)n1. The highest BCUT2D eigenvalue weighted by molar-refractivity contribution is 5.92. The van der Waals surface area contributed by atoms with Gasteiger partial charge in [0.2, 0.25) is 5.95 Å². The van der Waals surface area contributed by atoms with Crippen molar-refractivity contribution in [3.63, 3.8) is 0 Å². The quantitative estimate of drug-likeness (QED) is 0.794. The maximum Gasteiger partial charge on any atom is 0.272 e. The highest BCUT2D eigenvalue weighted by Crippen LogP contribution is 2.15. The molecule has 0 aliphatic carbocycles. The van der Waals surface area contributed by atoms with Crippen molar-refractivity contribution in [3.05, 3.63) is 59.7 Å². The van der Waals surface area contributed by atoms with Crippen LogP contribution in [0.5, 0.6) is 5.75 Å². The summed E-state index contributed by atoms with van der Waals surface area (Å²) >= 11 is 0. The van der Waals surface area contributed by atoms with E-state index in [0.717, 1.165) is 11.3 Å². The second-order valence-corrected chi connectivity index (χ2v) is 4.69. The Bertz CT molecular complexity index is 631. The third kappa shape index (κ3) is 4.02. The summed E-state index contributed by atoms with van der Waals surface area (Å²) in [6, 6.07) is 11.8. The molecule has 0 bridgehead atoms. The van der Waals surface area contributed by atoms with Crippen LogP contribution in [0.1, 0.15) is 16.1 Å². The first-order valence-corrected chi connectivity index (χ1v) is 6.64. The van der Waals surface area contributed by atoms with Crippen molar-refractivity contribution in [2.24, 2.45) is 0 Å². The molecule has 2 rings (SSSR count). The van der Waals surface area contributed by atoms with Gasteiger partial charge in [0.1, 0.15) is 18.1 Å². The number of hydrogen-bond donors (Lipinski definition) is 0. The number of carbonyl (C=O) groups excluding carboxylic acids is 1. The van der Waals surface area contributed by atoms with E-state index in [1.54, 1.807) is 7.05 Å². The molecule has 1 heterocycles. The second-order valence-electron chi connectivity index (χ2n) is 4.69. The van der Waals surface area contributed by atoms with Gasteiger partial charge in [-0.05, 0) is 30.7 Å². The van der Waals surface area contributed by atoms with Gasteiger partial charge in [0.25, 0.3) is 5.91 Å². The number of amides is 1. The van der Waals surface area contributed by atoms with E-state index in [1.165, 1.54) is 23.1 Å². The topological polar surface area (TPSA) is 42.4 Å². The molecule has 0 saturated carbocycles. The summed E-state index contributed by atoms with van der Waals surface area (Å²) in [6.07, 6.45) is 0. The molecule has 5 heteroatoms. The summed E-state index contributed by atoms with van der Waals surface area (Å²) < 4.78 is 18.6. The molecule has 1 aromatic heterocycles. The molecular weight excluding hydrogens is 271 g/mol. The van der Waals surface area contributed by atoms with E-state index >= 15 is 0 Å². The van der Waals surface area contributed by atoms with Gasteiger partial charge in [0.15, 0.2) is 0 Å². The van der Waals surface area contributed by atoms with Crippen molar-refractivity contribution < 1.29 is 13.9 Å². The summed E-state index contributed by atoms with van der Waals surface area (Å²) in [6.45, 7) is 2.72. The van der Waals surface area contributed by atoms with Crippen LogP contribution < -0.4 is 4.74 Å². The summed E-state index contributed by atoms with van der Waals surface area (Å²) in [4.78, 5) is 17.1. The van der Waals surface area contributed by atoms with Crippen LogP contribution in [0.4, 0.5) is 4.39 Å². The summed E-state index contributed by atoms with van der Waals surface area (Å²) in [5.74, 6) is -0.199. The third-order valence-electron chi connectivity index (χ3n) is 3.06. The lowest BCUT2D eigenvalue weighted by Crippen LogP contribution is -2.31. The average Bonchev–Trinajstić information content (AvgIpc) is 2.48. The van der Waals surface area contributed by atoms with Crippen molar-refractivity contribution >= 4 is 5.91 Å². The van der Waals surface area contributed by atoms with Gasteiger partial charge in [-0.15, -0.1) is 0 Å². The Morgan fingerprint density at radius 1 is 1.24 bits per heavy atom. The van der Waals surface area contributed by atoms with Gasteiger partial charge in [-0.1, -0.05) is 24.3 Å². The van der Waals surface area contributed by atoms with Gasteiger partial charge in [-0.3, -0.25) is 4.79 Å². The number of aromatic nitrogens is 1. The lowest BCUT2D eigenvalue weighted by atomic mass is 10.2. The zero-order valence-corrected chi connectivity index (χ0v) is 12.0. The molecule has 0 saturated heterocycles. The minimum atomic E-state index is -0.662. The monoisotopic (exact) mass is 288 g/mol. The number of aryl methyl sites for hydroxylation is 1. The number of hydrogen-bond acceptors (Lipinski definition) is 3. The number of para-hydroxylation sites is 1. The zero-order valence-electron chi connectivity index (χ0n) is 12.0. The number of pyridine rings is 1. The van der Waals surface area contributed by atoms with Crippen LogP contribution in [0.3, 0.4) is 0 Å². The van der Waals surface area contributed by atoms with Crippen LogP contribution in [0.15, 0.2) is 42.5 Å². The van der Waals surface area contributed by atoms with E-state index in [1.807, 2.05) is 31.2 Å². The molecule has 0 aliphatic rings. The first-order chi connectivity index (χ1) is 10.1. The fraction of sp³-hybridized carbons (Fsp3) is 0.250. The molecule has 110 valence electrons. The van der Waals surface area contributed by atoms with Gasteiger partial charge < -0.3 is 9.64 Å². The molecule has 0 atom stereocenters. The van der Waals surface area contributed by atoms with E-state index in [4.69, 9.17) is 4.74 Å². The highest BCUT2D eigenvalue weighted by Gasteiger charge is 2.13. The minimum absolute atomic E-state index is 0.0911. The molecule has 1 amide bonds. The van der Waals surface area contributed by atoms with Crippen LogP contribution >= 0.6 is 0 Å². The molecule has 0 spiro atoms. The first-order valence-electron chi connectivity index (χ1n) is 6.64. The standard InChI is InChI=1S/C16H17FN2O2/c1-12-6-3-4-8-14(12)21-11-10-19(2)16(20)13-7-5-9-15(17)18-13/h3-9H,10-11H2,1-2H3. The summed E-state index contributed by atoms with van der Waals surface area (Å²) in [5, 5.41) is 0. The molecule has 4 nitrogen and oxygen atoms in total. The van der Waals surface area contributed by atoms with Crippen LogP contribution in [-0.4, -0.2) is 36.0 Å². The van der Waals surface area contributed by atoms with Crippen molar-refractivity contribution in [1.29, 1.82) is 0 Å². The Kier molecular flexibility index (Phi) is 4.87. The second kappa shape index (κ2) is 6.83. The lowest BCUT2D eigenvalue weighted by molar-refractivity contribution is 0.0766. The molecule has 21 heavy (non-hydrogen) atoms. The van der Waals surface area contributed by atoms with Crippen molar-refractivity contribution in [2.75, 3.05) is 20.2 Å². The van der Waals surface area contributed by atoms with Gasteiger partial charge in [0, 0.05) is 7.05 Å². The fourth-order valence-electron chi connectivity index (χ4n) is 1.84. The Labute approximate surface area is 123 Å². The number of halogens is 1. The Balaban J connectivity index is 1.89. The smallest absolute Gasteiger partial charge is 0.272 e. The van der Waals surface area contributed by atoms with E-state index < -0.39 is 5.95 Å². The summed E-state index contributed by atoms with van der Waals surface area (Å²) in [5.41, 5.74) is 1.13. The van der Waals surface area contributed by atoms with Crippen molar-refractivity contribution in [2.45, 2.75) is 6.92 Å². The predicted octanol–water partition coefficient (Wildman–Crippen LogP) is 2.68. The zero-order chi connectivity index (χ0) is 15.2. The van der Waals surface area contributed by atoms with Gasteiger partial charge in [-0.25, -0.2) is 4.98 Å².